The zero-order valence-electron chi connectivity index (χ0n) is 18.5. The van der Waals surface area contributed by atoms with Gasteiger partial charge in [0, 0.05) is 29.8 Å². The second-order valence-electron chi connectivity index (χ2n) is 8.91. The average molecular weight is 451 g/mol. The molecule has 6 nitrogen and oxygen atoms in total. The Morgan fingerprint density at radius 3 is 2.81 bits per heavy atom. The van der Waals surface area contributed by atoms with Crippen molar-refractivity contribution in [3.05, 3.63) is 77.2 Å². The van der Waals surface area contributed by atoms with E-state index >= 15 is 0 Å². The molecule has 166 valence electrons. The van der Waals surface area contributed by atoms with Crippen molar-refractivity contribution in [1.29, 1.82) is 0 Å². The van der Waals surface area contributed by atoms with Gasteiger partial charge in [-0.1, -0.05) is 48.0 Å². The lowest BCUT2D eigenvalue weighted by molar-refractivity contribution is -0.128. The molecular formula is C25H27ClN4O2. The average Bonchev–Trinajstić information content (AvgIpc) is 2.92. The van der Waals surface area contributed by atoms with Gasteiger partial charge in [-0.15, -0.1) is 0 Å². The topological polar surface area (TPSA) is 67.3 Å². The number of rotatable bonds is 4. The molecular weight excluding hydrogens is 424 g/mol. The number of nitrogens with zero attached hydrogens (tertiary/aromatic N) is 3. The van der Waals surface area contributed by atoms with Gasteiger partial charge in [-0.3, -0.25) is 9.69 Å². The van der Waals surface area contributed by atoms with Crippen LogP contribution >= 0.6 is 11.6 Å². The van der Waals surface area contributed by atoms with Crippen LogP contribution in [0.2, 0.25) is 5.02 Å². The number of halogens is 1. The molecule has 1 aliphatic rings. The second-order valence-corrected chi connectivity index (χ2v) is 9.35. The first-order valence-corrected chi connectivity index (χ1v) is 11.0. The summed E-state index contributed by atoms with van der Waals surface area (Å²) in [5, 5.41) is 3.81. The van der Waals surface area contributed by atoms with Crippen molar-refractivity contribution < 1.29 is 9.53 Å². The predicted octanol–water partition coefficient (Wildman–Crippen LogP) is 4.65. The first-order chi connectivity index (χ1) is 15.3. The van der Waals surface area contributed by atoms with Crippen LogP contribution in [0.1, 0.15) is 37.9 Å². The number of hydrogen-bond acceptors (Lipinski definition) is 5. The van der Waals surface area contributed by atoms with Crippen molar-refractivity contribution in [2.45, 2.75) is 38.9 Å². The smallest absolute Gasteiger partial charge is 0.242 e. The highest BCUT2D eigenvalue weighted by molar-refractivity contribution is 6.30. The maximum absolute atomic E-state index is 13.4. The van der Waals surface area contributed by atoms with E-state index in [2.05, 4.69) is 32.3 Å². The highest BCUT2D eigenvalue weighted by Crippen LogP contribution is 2.34. The van der Waals surface area contributed by atoms with Gasteiger partial charge in [0.1, 0.15) is 19.0 Å². The van der Waals surface area contributed by atoms with Crippen molar-refractivity contribution in [3.8, 4) is 17.0 Å². The van der Waals surface area contributed by atoms with Gasteiger partial charge in [-0.05, 0) is 49.6 Å². The first kappa shape index (κ1) is 22.2. The Kier molecular flexibility index (Phi) is 6.44. The van der Waals surface area contributed by atoms with Crippen LogP contribution < -0.4 is 10.1 Å². The molecule has 1 aliphatic heterocycles. The normalized spacial score (nSPS) is 16.6. The second kappa shape index (κ2) is 9.27. The summed E-state index contributed by atoms with van der Waals surface area (Å²) in [7, 11) is 0. The number of carbonyl (C=O) groups excluding carboxylic acids is 1. The van der Waals surface area contributed by atoms with Crippen LogP contribution in [0.5, 0.6) is 5.88 Å². The Hall–Kier alpha value is -2.96. The quantitative estimate of drug-likeness (QED) is 0.626. The molecule has 2 aromatic carbocycles. The Morgan fingerprint density at radius 2 is 2.03 bits per heavy atom. The maximum Gasteiger partial charge on any atom is 0.242 e. The largest absolute Gasteiger partial charge is 0.476 e. The van der Waals surface area contributed by atoms with Gasteiger partial charge in [-0.25, -0.2) is 9.97 Å². The number of carbonyl (C=O) groups is 1. The maximum atomic E-state index is 13.4. The fourth-order valence-electron chi connectivity index (χ4n) is 3.95. The number of nitrogens with one attached hydrogen (secondary N) is 1. The number of aromatic nitrogens is 2. The van der Waals surface area contributed by atoms with Crippen LogP contribution in [0.3, 0.4) is 0 Å². The SMILES string of the molecule is CC(C)(C)NC(=O)C1c2cncnc2OCCN1Cc1ccccc1-c1cccc(Cl)c1. The van der Waals surface area contributed by atoms with Crippen LogP contribution in [-0.4, -0.2) is 39.5 Å². The van der Waals surface area contributed by atoms with Gasteiger partial charge in [0.25, 0.3) is 0 Å². The van der Waals surface area contributed by atoms with E-state index in [4.69, 9.17) is 16.3 Å². The van der Waals surface area contributed by atoms with E-state index in [0.29, 0.717) is 36.2 Å². The standard InChI is InChI=1S/C25H27ClN4O2/c1-25(2,3)29-23(31)22-21-14-27-16-28-24(21)32-12-11-30(22)15-18-7-4-5-10-20(18)17-8-6-9-19(26)13-17/h4-10,13-14,16,22H,11-12,15H2,1-3H3,(H,29,31). The van der Waals surface area contributed by atoms with E-state index in [9.17, 15) is 4.79 Å². The molecule has 1 atom stereocenters. The number of benzene rings is 2. The summed E-state index contributed by atoms with van der Waals surface area (Å²) >= 11 is 6.25. The van der Waals surface area contributed by atoms with Gasteiger partial charge in [0.05, 0.1) is 5.56 Å². The predicted molar refractivity (Wildman–Crippen MR) is 125 cm³/mol. The van der Waals surface area contributed by atoms with Gasteiger partial charge in [-0.2, -0.15) is 0 Å². The van der Waals surface area contributed by atoms with Crippen molar-refractivity contribution in [2.75, 3.05) is 13.2 Å². The van der Waals surface area contributed by atoms with Gasteiger partial charge in [0.2, 0.25) is 11.8 Å². The molecule has 1 N–H and O–H groups in total. The highest BCUT2D eigenvalue weighted by Gasteiger charge is 2.35. The number of amides is 1. The first-order valence-electron chi connectivity index (χ1n) is 10.6. The molecule has 3 aromatic rings. The third-order valence-electron chi connectivity index (χ3n) is 5.25. The molecule has 0 saturated carbocycles. The third-order valence-corrected chi connectivity index (χ3v) is 5.49. The van der Waals surface area contributed by atoms with E-state index in [1.165, 1.54) is 6.33 Å². The number of ether oxygens (including phenoxy) is 1. The van der Waals surface area contributed by atoms with Crippen LogP contribution in [-0.2, 0) is 11.3 Å². The summed E-state index contributed by atoms with van der Waals surface area (Å²) in [6.07, 6.45) is 3.12. The lowest BCUT2D eigenvalue weighted by atomic mass is 9.98. The van der Waals surface area contributed by atoms with E-state index in [1.54, 1.807) is 6.20 Å². The van der Waals surface area contributed by atoms with Crippen LogP contribution in [0, 0.1) is 0 Å². The summed E-state index contributed by atoms with van der Waals surface area (Å²) in [4.78, 5) is 24.0. The third kappa shape index (κ3) is 5.09. The molecule has 4 rings (SSSR count). The van der Waals surface area contributed by atoms with E-state index < -0.39 is 6.04 Å². The van der Waals surface area contributed by atoms with Gasteiger partial charge in [0.15, 0.2) is 0 Å². The highest BCUT2D eigenvalue weighted by atomic mass is 35.5. The lowest BCUT2D eigenvalue weighted by Gasteiger charge is -2.32. The van der Waals surface area contributed by atoms with Crippen molar-refractivity contribution >= 4 is 17.5 Å². The Balaban J connectivity index is 1.73. The van der Waals surface area contributed by atoms with Crippen molar-refractivity contribution in [1.82, 2.24) is 20.2 Å². The summed E-state index contributed by atoms with van der Waals surface area (Å²) in [5.41, 5.74) is 3.53. The summed E-state index contributed by atoms with van der Waals surface area (Å²) in [5.74, 6) is 0.360. The summed E-state index contributed by atoms with van der Waals surface area (Å²) in [6.45, 7) is 7.48. The minimum absolute atomic E-state index is 0.0979. The molecule has 0 aliphatic carbocycles. The fourth-order valence-corrected chi connectivity index (χ4v) is 4.14. The Bertz CT molecular complexity index is 1110. The molecule has 0 radical (unpaired) electrons. The molecule has 1 unspecified atom stereocenters. The Morgan fingerprint density at radius 1 is 1.22 bits per heavy atom. The summed E-state index contributed by atoms with van der Waals surface area (Å²) < 4.78 is 5.87. The van der Waals surface area contributed by atoms with Crippen molar-refractivity contribution in [2.24, 2.45) is 0 Å². The molecule has 0 spiro atoms. The zero-order valence-corrected chi connectivity index (χ0v) is 19.3. The number of fused-ring (bicyclic) bond motifs is 1. The molecule has 0 bridgehead atoms. The molecule has 1 amide bonds. The molecule has 7 heteroatoms. The fraction of sp³-hybridized carbons (Fsp3) is 0.320. The monoisotopic (exact) mass is 450 g/mol. The van der Waals surface area contributed by atoms with Gasteiger partial charge >= 0.3 is 0 Å². The van der Waals surface area contributed by atoms with E-state index in [-0.39, 0.29) is 11.4 Å². The van der Waals surface area contributed by atoms with Crippen LogP contribution in [0.15, 0.2) is 61.1 Å². The van der Waals surface area contributed by atoms with E-state index in [0.717, 1.165) is 16.7 Å². The van der Waals surface area contributed by atoms with Crippen molar-refractivity contribution in [3.63, 3.8) is 0 Å². The zero-order chi connectivity index (χ0) is 22.7. The molecule has 32 heavy (non-hydrogen) atoms. The molecule has 2 heterocycles. The van der Waals surface area contributed by atoms with Crippen LogP contribution in [0.25, 0.3) is 11.1 Å². The van der Waals surface area contributed by atoms with E-state index in [1.807, 2.05) is 57.2 Å². The molecule has 0 saturated heterocycles. The van der Waals surface area contributed by atoms with Gasteiger partial charge < -0.3 is 10.1 Å². The molecule has 0 fully saturated rings. The molecule has 1 aromatic heterocycles. The summed E-state index contributed by atoms with van der Waals surface area (Å²) in [6, 6.07) is 15.4. The minimum atomic E-state index is -0.569. The number of hydrogen-bond donors (Lipinski definition) is 1. The Labute approximate surface area is 193 Å². The lowest BCUT2D eigenvalue weighted by Crippen LogP contribution is -2.47. The van der Waals surface area contributed by atoms with Crippen LogP contribution in [0.4, 0.5) is 0 Å². The minimum Gasteiger partial charge on any atom is -0.476 e.